The lowest BCUT2D eigenvalue weighted by molar-refractivity contribution is 0.417. The minimum atomic E-state index is -0.370. The van der Waals surface area contributed by atoms with Gasteiger partial charge in [-0.25, -0.2) is 19.0 Å². The van der Waals surface area contributed by atoms with E-state index in [-0.39, 0.29) is 5.82 Å². The van der Waals surface area contributed by atoms with Crippen molar-refractivity contribution in [1.29, 1.82) is 0 Å². The van der Waals surface area contributed by atoms with Crippen molar-refractivity contribution in [2.24, 2.45) is 0 Å². The highest BCUT2D eigenvalue weighted by Crippen LogP contribution is 2.29. The van der Waals surface area contributed by atoms with Crippen LogP contribution in [0, 0.1) is 5.82 Å². The highest BCUT2D eigenvalue weighted by Gasteiger charge is 2.14. The summed E-state index contributed by atoms with van der Waals surface area (Å²) in [5.41, 5.74) is 1.61. The van der Waals surface area contributed by atoms with E-state index in [9.17, 15) is 4.39 Å². The van der Waals surface area contributed by atoms with E-state index in [2.05, 4.69) is 20.4 Å². The number of anilines is 2. The quantitative estimate of drug-likeness (QED) is 0.616. The molecule has 7 heteroatoms. The molecule has 0 aliphatic rings. The topological polar surface area (TPSA) is 64.9 Å². The Labute approximate surface area is 142 Å². The molecular weight excluding hydrogens is 321 g/mol. The molecule has 0 saturated heterocycles. The van der Waals surface area contributed by atoms with Crippen molar-refractivity contribution >= 4 is 22.5 Å². The van der Waals surface area contributed by atoms with Crippen molar-refractivity contribution in [3.63, 3.8) is 0 Å². The van der Waals surface area contributed by atoms with Crippen LogP contribution in [0.15, 0.2) is 61.1 Å². The Morgan fingerprint density at radius 3 is 2.68 bits per heavy atom. The first-order valence-electron chi connectivity index (χ1n) is 7.61. The minimum absolute atomic E-state index is 0.333. The van der Waals surface area contributed by atoms with Gasteiger partial charge >= 0.3 is 0 Å². The van der Waals surface area contributed by atoms with Crippen molar-refractivity contribution in [2.75, 3.05) is 12.4 Å². The number of methoxy groups -OCH3 is 1. The molecule has 0 aliphatic carbocycles. The fourth-order valence-corrected chi connectivity index (χ4v) is 2.62. The van der Waals surface area contributed by atoms with Crippen LogP contribution in [0.25, 0.3) is 16.7 Å². The molecule has 2 heterocycles. The molecule has 4 aromatic rings. The van der Waals surface area contributed by atoms with Gasteiger partial charge in [-0.2, -0.15) is 5.10 Å². The molecule has 2 aromatic carbocycles. The first-order chi connectivity index (χ1) is 12.3. The largest absolute Gasteiger partial charge is 0.495 e. The maximum absolute atomic E-state index is 14.1. The minimum Gasteiger partial charge on any atom is -0.495 e. The number of fused-ring (bicyclic) bond motifs is 1. The summed E-state index contributed by atoms with van der Waals surface area (Å²) in [6, 6.07) is 13.9. The fraction of sp³-hybridized carbons (Fsp3) is 0.0556. The average Bonchev–Trinajstić information content (AvgIpc) is 3.07. The van der Waals surface area contributed by atoms with Gasteiger partial charge in [0.1, 0.15) is 29.4 Å². The SMILES string of the molecule is COc1ccccc1Nc1ncnc2c1cnn2-c1ccccc1F. The van der Waals surface area contributed by atoms with Crippen LogP contribution in [0.1, 0.15) is 0 Å². The van der Waals surface area contributed by atoms with Crippen LogP contribution in [0.4, 0.5) is 15.9 Å². The molecule has 2 aromatic heterocycles. The van der Waals surface area contributed by atoms with Gasteiger partial charge < -0.3 is 10.1 Å². The van der Waals surface area contributed by atoms with Gasteiger partial charge in [0.15, 0.2) is 5.65 Å². The van der Waals surface area contributed by atoms with Crippen LogP contribution in [0.5, 0.6) is 5.75 Å². The number of nitrogens with one attached hydrogen (secondary N) is 1. The van der Waals surface area contributed by atoms with E-state index in [1.165, 1.54) is 17.1 Å². The van der Waals surface area contributed by atoms with Crippen LogP contribution in [-0.4, -0.2) is 26.9 Å². The number of ether oxygens (including phenoxy) is 1. The van der Waals surface area contributed by atoms with E-state index < -0.39 is 0 Å². The first kappa shape index (κ1) is 15.1. The van der Waals surface area contributed by atoms with Gasteiger partial charge in [-0.1, -0.05) is 24.3 Å². The molecule has 0 aliphatic heterocycles. The molecule has 6 nitrogen and oxygen atoms in total. The van der Waals surface area contributed by atoms with Crippen LogP contribution in [-0.2, 0) is 0 Å². The molecular formula is C18H14FN5O. The van der Waals surface area contributed by atoms with Crippen molar-refractivity contribution in [2.45, 2.75) is 0 Å². The summed E-state index contributed by atoms with van der Waals surface area (Å²) in [6.45, 7) is 0. The van der Waals surface area contributed by atoms with Crippen LogP contribution in [0.3, 0.4) is 0 Å². The number of halogens is 1. The van der Waals surface area contributed by atoms with Crippen molar-refractivity contribution in [1.82, 2.24) is 19.7 Å². The summed E-state index contributed by atoms with van der Waals surface area (Å²) >= 11 is 0. The lowest BCUT2D eigenvalue weighted by Gasteiger charge is -2.10. The summed E-state index contributed by atoms with van der Waals surface area (Å²) in [5, 5.41) is 8.17. The standard InChI is InChI=1S/C18H14FN5O/c1-25-16-9-5-3-7-14(16)23-17-12-10-22-24(18(12)21-11-20-17)15-8-4-2-6-13(15)19/h2-11H,1H3,(H,20,21,23). The molecule has 4 rings (SSSR count). The van der Waals surface area contributed by atoms with E-state index in [0.717, 1.165) is 5.69 Å². The van der Waals surface area contributed by atoms with E-state index in [4.69, 9.17) is 4.74 Å². The van der Waals surface area contributed by atoms with E-state index >= 15 is 0 Å². The third kappa shape index (κ3) is 2.65. The van der Waals surface area contributed by atoms with Gasteiger partial charge in [-0.15, -0.1) is 0 Å². The molecule has 0 bridgehead atoms. The number of benzene rings is 2. The molecule has 0 fully saturated rings. The molecule has 124 valence electrons. The number of para-hydroxylation sites is 3. The molecule has 0 spiro atoms. The number of rotatable bonds is 4. The van der Waals surface area contributed by atoms with Crippen LogP contribution < -0.4 is 10.1 Å². The Bertz CT molecular complexity index is 1050. The lowest BCUT2D eigenvalue weighted by atomic mass is 10.2. The second-order valence-corrected chi connectivity index (χ2v) is 5.29. The predicted octanol–water partition coefficient (Wildman–Crippen LogP) is 3.71. The number of hydrogen-bond donors (Lipinski definition) is 1. The van der Waals surface area contributed by atoms with Crippen molar-refractivity contribution in [3.05, 3.63) is 66.9 Å². The maximum atomic E-state index is 14.1. The zero-order chi connectivity index (χ0) is 17.2. The second-order valence-electron chi connectivity index (χ2n) is 5.29. The second kappa shape index (κ2) is 6.20. The Morgan fingerprint density at radius 2 is 1.84 bits per heavy atom. The number of nitrogens with zero attached hydrogens (tertiary/aromatic N) is 4. The third-order valence-electron chi connectivity index (χ3n) is 3.81. The number of hydrogen-bond acceptors (Lipinski definition) is 5. The molecule has 0 amide bonds. The van der Waals surface area contributed by atoms with Crippen molar-refractivity contribution in [3.8, 4) is 11.4 Å². The van der Waals surface area contributed by atoms with Gasteiger partial charge in [-0.3, -0.25) is 0 Å². The highest BCUT2D eigenvalue weighted by molar-refractivity contribution is 5.89. The first-order valence-corrected chi connectivity index (χ1v) is 7.61. The smallest absolute Gasteiger partial charge is 0.168 e. The summed E-state index contributed by atoms with van der Waals surface area (Å²) in [7, 11) is 1.60. The monoisotopic (exact) mass is 335 g/mol. The van der Waals surface area contributed by atoms with Crippen LogP contribution in [0.2, 0.25) is 0 Å². The Hall–Kier alpha value is -3.48. The van der Waals surface area contributed by atoms with E-state index in [0.29, 0.717) is 28.3 Å². The van der Waals surface area contributed by atoms with Gasteiger partial charge in [0.25, 0.3) is 0 Å². The highest BCUT2D eigenvalue weighted by atomic mass is 19.1. The van der Waals surface area contributed by atoms with Gasteiger partial charge in [0.2, 0.25) is 0 Å². The predicted molar refractivity (Wildman–Crippen MR) is 92.9 cm³/mol. The van der Waals surface area contributed by atoms with E-state index in [1.54, 1.807) is 31.5 Å². The molecule has 0 unspecified atom stereocenters. The zero-order valence-corrected chi connectivity index (χ0v) is 13.3. The lowest BCUT2D eigenvalue weighted by Crippen LogP contribution is -2.02. The summed E-state index contributed by atoms with van der Waals surface area (Å²) in [6.07, 6.45) is 3.03. The fourth-order valence-electron chi connectivity index (χ4n) is 2.62. The Balaban J connectivity index is 1.81. The molecule has 0 radical (unpaired) electrons. The summed E-state index contributed by atoms with van der Waals surface area (Å²) in [4.78, 5) is 8.54. The molecule has 1 N–H and O–H groups in total. The molecule has 0 saturated carbocycles. The normalized spacial score (nSPS) is 10.8. The van der Waals surface area contributed by atoms with Gasteiger partial charge in [0, 0.05) is 0 Å². The van der Waals surface area contributed by atoms with Crippen LogP contribution >= 0.6 is 0 Å². The summed E-state index contributed by atoms with van der Waals surface area (Å²) in [5.74, 6) is 0.887. The Kier molecular flexibility index (Phi) is 3.74. The zero-order valence-electron chi connectivity index (χ0n) is 13.3. The number of aromatic nitrogens is 4. The summed E-state index contributed by atoms with van der Waals surface area (Å²) < 4.78 is 20.9. The molecule has 25 heavy (non-hydrogen) atoms. The van der Waals surface area contributed by atoms with Gasteiger partial charge in [-0.05, 0) is 24.3 Å². The van der Waals surface area contributed by atoms with Gasteiger partial charge in [0.05, 0.1) is 24.4 Å². The van der Waals surface area contributed by atoms with E-state index in [1.807, 2.05) is 24.3 Å². The molecule has 0 atom stereocenters. The van der Waals surface area contributed by atoms with Crippen molar-refractivity contribution < 1.29 is 9.13 Å². The maximum Gasteiger partial charge on any atom is 0.168 e. The Morgan fingerprint density at radius 1 is 1.04 bits per heavy atom. The average molecular weight is 335 g/mol. The third-order valence-corrected chi connectivity index (χ3v) is 3.81.